The Hall–Kier alpha value is -2.88. The van der Waals surface area contributed by atoms with Crippen LogP contribution in [0.2, 0.25) is 0 Å². The molecule has 0 spiro atoms. The highest BCUT2D eigenvalue weighted by Gasteiger charge is 2.35. The second-order valence-electron chi connectivity index (χ2n) is 6.52. The van der Waals surface area contributed by atoms with E-state index < -0.39 is 29.5 Å². The monoisotopic (exact) mass is 387 g/mol. The van der Waals surface area contributed by atoms with Crippen molar-refractivity contribution in [2.75, 3.05) is 13.7 Å². The third-order valence-electron chi connectivity index (χ3n) is 4.07. The van der Waals surface area contributed by atoms with E-state index in [-0.39, 0.29) is 13.0 Å². The van der Waals surface area contributed by atoms with Crippen LogP contribution >= 0.6 is 0 Å². The number of hydroxylamine groups is 1. The molecule has 0 aliphatic rings. The highest BCUT2D eigenvalue weighted by Crippen LogP contribution is 2.11. The van der Waals surface area contributed by atoms with Crippen LogP contribution in [0.1, 0.15) is 36.2 Å². The number of hydrogen-bond acceptors (Lipinski definition) is 6. The van der Waals surface area contributed by atoms with Crippen LogP contribution in [0.3, 0.4) is 0 Å². The fourth-order valence-corrected chi connectivity index (χ4v) is 2.08. The van der Waals surface area contributed by atoms with E-state index in [0.29, 0.717) is 11.1 Å². The first-order chi connectivity index (χ1) is 13.2. The van der Waals surface area contributed by atoms with Crippen molar-refractivity contribution in [3.05, 3.63) is 35.4 Å². The summed E-state index contributed by atoms with van der Waals surface area (Å²) in [5, 5.41) is 32.3. The molecule has 6 N–H and O–H groups in total. The molecule has 0 aliphatic carbocycles. The van der Waals surface area contributed by atoms with Gasteiger partial charge < -0.3 is 20.8 Å². The van der Waals surface area contributed by atoms with Crippen molar-refractivity contribution in [2.24, 2.45) is 0 Å². The van der Waals surface area contributed by atoms with Crippen LogP contribution in [0.25, 0.3) is 0 Å². The molecule has 0 radical (unpaired) electrons. The summed E-state index contributed by atoms with van der Waals surface area (Å²) in [5.41, 5.74) is 1.72. The molecule has 0 saturated carbocycles. The molecule has 0 heterocycles. The van der Waals surface area contributed by atoms with E-state index in [4.69, 9.17) is 15.4 Å². The number of rotatable bonds is 7. The fraction of sp³-hybridized carbons (Fsp3) is 0.400. The van der Waals surface area contributed by atoms with E-state index in [1.165, 1.54) is 0 Å². The van der Waals surface area contributed by atoms with Crippen molar-refractivity contribution in [2.45, 2.75) is 38.0 Å². The van der Waals surface area contributed by atoms with Crippen molar-refractivity contribution in [1.29, 1.82) is 0 Å². The van der Waals surface area contributed by atoms with Gasteiger partial charge in [0.25, 0.3) is 11.8 Å². The third kappa shape index (κ3) is 7.03. The van der Waals surface area contributed by atoms with E-state index in [9.17, 15) is 9.59 Å². The zero-order chi connectivity index (χ0) is 21.2. The Balaban J connectivity index is 2.82. The average Bonchev–Trinajstić information content (AvgIpc) is 2.71. The summed E-state index contributed by atoms with van der Waals surface area (Å²) in [5.74, 6) is 9.40. The Kier molecular flexibility index (Phi) is 9.16. The molecule has 1 unspecified atom stereocenters. The minimum absolute atomic E-state index is 0.135. The van der Waals surface area contributed by atoms with Gasteiger partial charge in [-0.05, 0) is 57.0 Å². The van der Waals surface area contributed by atoms with Crippen LogP contribution in [-0.4, -0.2) is 58.6 Å². The molecular weight excluding hydrogens is 362 g/mol. The lowest BCUT2D eigenvalue weighted by molar-refractivity contribution is -0.132. The van der Waals surface area contributed by atoms with E-state index in [1.54, 1.807) is 50.6 Å². The number of carbonyl (C=O) groups is 2. The minimum Gasteiger partial charge on any atom is -0.394 e. The summed E-state index contributed by atoms with van der Waals surface area (Å²) in [7, 11) is 1.64. The first-order valence-corrected chi connectivity index (χ1v) is 8.56. The predicted molar refractivity (Wildman–Crippen MR) is 103 cm³/mol. The number of carbonyl (C=O) groups excluding carboxylic acids is 2. The number of aliphatic hydroxyl groups is 2. The van der Waals surface area contributed by atoms with Crippen molar-refractivity contribution in [3.63, 3.8) is 0 Å². The van der Waals surface area contributed by atoms with Crippen LogP contribution in [0.15, 0.2) is 24.3 Å². The van der Waals surface area contributed by atoms with Gasteiger partial charge in [-0.15, -0.1) is 0 Å². The summed E-state index contributed by atoms with van der Waals surface area (Å²) < 4.78 is 0. The largest absolute Gasteiger partial charge is 0.394 e. The standard InChI is InChI=1S/C20H25N3O5/c1-20(2,21-3)17(19(27)23-28)22-18(26)15-11-9-14(10-12-15)7-5-4-6-8-16(25)13-24/h9-12,16-17,21,24-25,28H,8,13H2,1-3H3,(H,22,26)(H,23,27)/t16?,17-/m1/s1. The fourth-order valence-electron chi connectivity index (χ4n) is 2.08. The number of aliphatic hydroxyl groups excluding tert-OH is 2. The summed E-state index contributed by atoms with van der Waals surface area (Å²) in [4.78, 5) is 24.3. The predicted octanol–water partition coefficient (Wildman–Crippen LogP) is -0.613. The average molecular weight is 387 g/mol. The van der Waals surface area contributed by atoms with Crippen LogP contribution in [0.4, 0.5) is 0 Å². The number of likely N-dealkylation sites (N-methyl/N-ethyl adjacent to an activating group) is 1. The maximum Gasteiger partial charge on any atom is 0.267 e. The lowest BCUT2D eigenvalue weighted by atomic mass is 9.93. The molecule has 8 heteroatoms. The van der Waals surface area contributed by atoms with Gasteiger partial charge in [0.1, 0.15) is 6.04 Å². The van der Waals surface area contributed by atoms with E-state index in [1.807, 2.05) is 0 Å². The Bertz CT molecular complexity index is 797. The van der Waals surface area contributed by atoms with Crippen molar-refractivity contribution < 1.29 is 25.0 Å². The Morgan fingerprint density at radius 1 is 1.18 bits per heavy atom. The molecule has 28 heavy (non-hydrogen) atoms. The van der Waals surface area contributed by atoms with Gasteiger partial charge in [0.05, 0.1) is 12.7 Å². The Morgan fingerprint density at radius 3 is 2.36 bits per heavy atom. The maximum absolute atomic E-state index is 12.4. The molecule has 2 amide bonds. The highest BCUT2D eigenvalue weighted by molar-refractivity contribution is 5.97. The Morgan fingerprint density at radius 2 is 1.82 bits per heavy atom. The normalized spacial score (nSPS) is 12.5. The van der Waals surface area contributed by atoms with Crippen molar-refractivity contribution >= 4 is 11.8 Å². The molecule has 0 aliphatic heterocycles. The van der Waals surface area contributed by atoms with Gasteiger partial charge in [0.2, 0.25) is 0 Å². The van der Waals surface area contributed by atoms with Crippen molar-refractivity contribution in [1.82, 2.24) is 16.1 Å². The smallest absolute Gasteiger partial charge is 0.267 e. The lowest BCUT2D eigenvalue weighted by Crippen LogP contribution is -2.62. The molecular formula is C20H25N3O5. The van der Waals surface area contributed by atoms with Crippen molar-refractivity contribution in [3.8, 4) is 23.7 Å². The second-order valence-corrected chi connectivity index (χ2v) is 6.52. The third-order valence-corrected chi connectivity index (χ3v) is 4.07. The summed E-state index contributed by atoms with van der Waals surface area (Å²) in [6.07, 6.45) is -0.743. The minimum atomic E-state index is -1.00. The van der Waals surface area contributed by atoms with E-state index in [0.717, 1.165) is 0 Å². The van der Waals surface area contributed by atoms with Gasteiger partial charge in [-0.1, -0.05) is 11.8 Å². The lowest BCUT2D eigenvalue weighted by Gasteiger charge is -2.32. The van der Waals surface area contributed by atoms with Crippen LogP contribution in [0.5, 0.6) is 0 Å². The van der Waals surface area contributed by atoms with Gasteiger partial charge in [0.15, 0.2) is 0 Å². The molecule has 1 rings (SSSR count). The number of amides is 2. The molecule has 1 aromatic carbocycles. The molecule has 0 bridgehead atoms. The number of nitrogens with one attached hydrogen (secondary N) is 3. The zero-order valence-corrected chi connectivity index (χ0v) is 16.0. The van der Waals surface area contributed by atoms with E-state index in [2.05, 4.69) is 34.3 Å². The molecule has 2 atom stereocenters. The van der Waals surface area contributed by atoms with Gasteiger partial charge in [-0.2, -0.15) is 0 Å². The molecule has 0 aromatic heterocycles. The molecule has 150 valence electrons. The summed E-state index contributed by atoms with van der Waals surface area (Å²) in [6.45, 7) is 3.08. The zero-order valence-electron chi connectivity index (χ0n) is 16.0. The first-order valence-electron chi connectivity index (χ1n) is 8.56. The van der Waals surface area contributed by atoms with Gasteiger partial charge in [0, 0.05) is 23.1 Å². The second kappa shape index (κ2) is 11.1. The van der Waals surface area contributed by atoms with Gasteiger partial charge in [-0.3, -0.25) is 14.8 Å². The summed E-state index contributed by atoms with van der Waals surface area (Å²) >= 11 is 0. The molecule has 8 nitrogen and oxygen atoms in total. The molecule has 1 aromatic rings. The highest BCUT2D eigenvalue weighted by atomic mass is 16.5. The number of hydrogen-bond donors (Lipinski definition) is 6. The quantitative estimate of drug-likeness (QED) is 0.210. The molecule has 0 saturated heterocycles. The molecule has 0 fully saturated rings. The van der Waals surface area contributed by atoms with Gasteiger partial charge in [-0.25, -0.2) is 5.48 Å². The van der Waals surface area contributed by atoms with Crippen LogP contribution < -0.4 is 16.1 Å². The van der Waals surface area contributed by atoms with E-state index >= 15 is 0 Å². The Labute approximate surface area is 164 Å². The first kappa shape index (κ1) is 23.2. The maximum atomic E-state index is 12.4. The van der Waals surface area contributed by atoms with Crippen LogP contribution in [0, 0.1) is 23.7 Å². The summed E-state index contributed by atoms with van der Waals surface area (Å²) in [6, 6.07) is 5.39. The van der Waals surface area contributed by atoms with Crippen LogP contribution in [-0.2, 0) is 4.79 Å². The number of benzene rings is 1. The van der Waals surface area contributed by atoms with Gasteiger partial charge >= 0.3 is 0 Å². The SMILES string of the molecule is CNC(C)(C)[C@H](NC(=O)c1ccc(C#CC#CCC(O)CO)cc1)C(=O)NO. The topological polar surface area (TPSA) is 131 Å².